The zero-order chi connectivity index (χ0) is 14.5. The summed E-state index contributed by atoms with van der Waals surface area (Å²) in [7, 11) is 1.68. The van der Waals surface area contributed by atoms with Crippen molar-refractivity contribution < 1.29 is 9.84 Å². The van der Waals surface area contributed by atoms with E-state index in [2.05, 4.69) is 30.3 Å². The third-order valence-electron chi connectivity index (χ3n) is 3.20. The number of aryl methyl sites for hydroxylation is 1. The number of nitrogens with one attached hydrogen (secondary N) is 1. The van der Waals surface area contributed by atoms with E-state index >= 15 is 0 Å². The first kappa shape index (κ1) is 14.4. The molecule has 0 radical (unpaired) electrons. The van der Waals surface area contributed by atoms with Crippen LogP contribution in [0.4, 0.5) is 5.69 Å². The van der Waals surface area contributed by atoms with Crippen LogP contribution in [0.15, 0.2) is 30.6 Å². The van der Waals surface area contributed by atoms with Crippen LogP contribution in [-0.2, 0) is 6.54 Å². The molecule has 0 aliphatic rings. The quantitative estimate of drug-likeness (QED) is 0.849. The number of rotatable bonds is 6. The lowest BCUT2D eigenvalue weighted by Gasteiger charge is -2.18. The largest absolute Gasteiger partial charge is 0.496 e. The van der Waals surface area contributed by atoms with Gasteiger partial charge in [0.1, 0.15) is 5.75 Å². The van der Waals surface area contributed by atoms with E-state index in [1.165, 1.54) is 5.56 Å². The van der Waals surface area contributed by atoms with Crippen molar-refractivity contribution >= 4 is 5.69 Å². The van der Waals surface area contributed by atoms with Crippen LogP contribution in [0.2, 0.25) is 0 Å². The van der Waals surface area contributed by atoms with Gasteiger partial charge in [-0.3, -0.25) is 4.68 Å². The molecule has 0 bridgehead atoms. The maximum Gasteiger partial charge on any atom is 0.124 e. The summed E-state index contributed by atoms with van der Waals surface area (Å²) in [5.74, 6) is 0.873. The molecule has 0 aliphatic carbocycles. The predicted molar refractivity (Wildman–Crippen MR) is 79.1 cm³/mol. The van der Waals surface area contributed by atoms with E-state index in [0.29, 0.717) is 6.54 Å². The molecule has 20 heavy (non-hydrogen) atoms. The van der Waals surface area contributed by atoms with Gasteiger partial charge in [-0.25, -0.2) is 0 Å². The minimum absolute atomic E-state index is 0.0857. The second-order valence-corrected chi connectivity index (χ2v) is 4.83. The smallest absolute Gasteiger partial charge is 0.124 e. The van der Waals surface area contributed by atoms with E-state index < -0.39 is 0 Å². The Balaban J connectivity index is 2.14. The van der Waals surface area contributed by atoms with Crippen LogP contribution in [0.1, 0.15) is 24.1 Å². The first-order valence-corrected chi connectivity index (χ1v) is 6.68. The number of aliphatic hydroxyl groups excluding tert-OH is 1. The molecule has 0 saturated carbocycles. The van der Waals surface area contributed by atoms with Crippen molar-refractivity contribution in [3.05, 3.63) is 41.7 Å². The van der Waals surface area contributed by atoms with Crippen LogP contribution in [0.3, 0.4) is 0 Å². The zero-order valence-electron chi connectivity index (χ0n) is 12.1. The van der Waals surface area contributed by atoms with Crippen LogP contribution >= 0.6 is 0 Å². The molecule has 1 aromatic carbocycles. The van der Waals surface area contributed by atoms with Gasteiger partial charge in [0.15, 0.2) is 0 Å². The normalized spacial score (nSPS) is 12.2. The second kappa shape index (κ2) is 6.43. The molecule has 5 nitrogen and oxygen atoms in total. The highest BCUT2D eigenvalue weighted by molar-refractivity contribution is 5.46. The van der Waals surface area contributed by atoms with Gasteiger partial charge >= 0.3 is 0 Å². The number of ether oxygens (including phenoxy) is 1. The molecule has 2 N–H and O–H groups in total. The van der Waals surface area contributed by atoms with Crippen molar-refractivity contribution in [1.29, 1.82) is 0 Å². The summed E-state index contributed by atoms with van der Waals surface area (Å²) in [4.78, 5) is 0. The molecule has 1 unspecified atom stereocenters. The average molecular weight is 275 g/mol. The molecule has 0 aliphatic heterocycles. The molecule has 0 fully saturated rings. The van der Waals surface area contributed by atoms with E-state index in [1.807, 2.05) is 18.3 Å². The van der Waals surface area contributed by atoms with Gasteiger partial charge in [0.2, 0.25) is 0 Å². The predicted octanol–water partition coefficient (Wildman–Crippen LogP) is 2.37. The molecule has 1 aromatic heterocycles. The van der Waals surface area contributed by atoms with Crippen molar-refractivity contribution in [3.8, 4) is 5.75 Å². The summed E-state index contributed by atoms with van der Waals surface area (Å²) in [6.45, 7) is 4.74. The Hall–Kier alpha value is -2.01. The molecule has 0 saturated heterocycles. The van der Waals surface area contributed by atoms with E-state index in [0.717, 1.165) is 17.0 Å². The number of methoxy groups -OCH3 is 1. The SMILES string of the molecule is COc1ccc(C)cc1C(C)Nc1cnn(CCO)c1. The van der Waals surface area contributed by atoms with Crippen LogP contribution in [0.25, 0.3) is 0 Å². The number of hydrogen-bond acceptors (Lipinski definition) is 4. The number of benzene rings is 1. The summed E-state index contributed by atoms with van der Waals surface area (Å²) in [5, 5.41) is 16.5. The maximum atomic E-state index is 8.89. The zero-order valence-corrected chi connectivity index (χ0v) is 12.1. The standard InChI is InChI=1S/C15H21N3O2/c1-11-4-5-15(20-3)14(8-11)12(2)17-13-9-16-18(10-13)6-7-19/h4-5,8-10,12,17,19H,6-7H2,1-3H3. The molecule has 108 valence electrons. The van der Waals surface area contributed by atoms with E-state index in [-0.39, 0.29) is 12.6 Å². The Labute approximate surface area is 119 Å². The minimum Gasteiger partial charge on any atom is -0.496 e. The fourth-order valence-corrected chi connectivity index (χ4v) is 2.18. The second-order valence-electron chi connectivity index (χ2n) is 4.83. The van der Waals surface area contributed by atoms with Gasteiger partial charge in [0.25, 0.3) is 0 Å². The number of aromatic nitrogens is 2. The van der Waals surface area contributed by atoms with Crippen LogP contribution in [0, 0.1) is 6.92 Å². The third-order valence-corrected chi connectivity index (χ3v) is 3.20. The van der Waals surface area contributed by atoms with Gasteiger partial charge in [-0.1, -0.05) is 17.7 Å². The Morgan fingerprint density at radius 3 is 2.95 bits per heavy atom. The van der Waals surface area contributed by atoms with Crippen molar-refractivity contribution in [1.82, 2.24) is 9.78 Å². The van der Waals surface area contributed by atoms with Gasteiger partial charge in [0.05, 0.1) is 38.2 Å². The van der Waals surface area contributed by atoms with Crippen LogP contribution in [0.5, 0.6) is 5.75 Å². The Kier molecular flexibility index (Phi) is 4.63. The third kappa shape index (κ3) is 3.30. The molecule has 5 heteroatoms. The van der Waals surface area contributed by atoms with Crippen molar-refractivity contribution in [2.75, 3.05) is 19.0 Å². The molecule has 0 amide bonds. The van der Waals surface area contributed by atoms with Gasteiger partial charge < -0.3 is 15.2 Å². The lowest BCUT2D eigenvalue weighted by Crippen LogP contribution is -2.08. The monoisotopic (exact) mass is 275 g/mol. The van der Waals surface area contributed by atoms with E-state index in [1.54, 1.807) is 18.0 Å². The lowest BCUT2D eigenvalue weighted by atomic mass is 10.0. The maximum absolute atomic E-state index is 8.89. The molecule has 2 aromatic rings. The summed E-state index contributed by atoms with van der Waals surface area (Å²) in [6.07, 6.45) is 3.64. The highest BCUT2D eigenvalue weighted by atomic mass is 16.5. The molecule has 1 atom stereocenters. The highest BCUT2D eigenvalue weighted by Gasteiger charge is 2.12. The minimum atomic E-state index is 0.0857. The van der Waals surface area contributed by atoms with Gasteiger partial charge in [0, 0.05) is 11.8 Å². The summed E-state index contributed by atoms with van der Waals surface area (Å²) < 4.78 is 7.12. The molecular formula is C15H21N3O2. The molecule has 1 heterocycles. The Morgan fingerprint density at radius 2 is 2.25 bits per heavy atom. The average Bonchev–Trinajstić information content (AvgIpc) is 2.86. The number of anilines is 1. The molecular weight excluding hydrogens is 254 g/mol. The van der Waals surface area contributed by atoms with E-state index in [4.69, 9.17) is 9.84 Å². The van der Waals surface area contributed by atoms with Gasteiger partial charge in [-0.2, -0.15) is 5.10 Å². The van der Waals surface area contributed by atoms with Crippen molar-refractivity contribution in [2.24, 2.45) is 0 Å². The van der Waals surface area contributed by atoms with Crippen LogP contribution in [-0.4, -0.2) is 28.6 Å². The lowest BCUT2D eigenvalue weighted by molar-refractivity contribution is 0.269. The van der Waals surface area contributed by atoms with Gasteiger partial charge in [-0.15, -0.1) is 0 Å². The van der Waals surface area contributed by atoms with Gasteiger partial charge in [-0.05, 0) is 19.9 Å². The number of aliphatic hydroxyl groups is 1. The van der Waals surface area contributed by atoms with Crippen molar-refractivity contribution in [3.63, 3.8) is 0 Å². The van der Waals surface area contributed by atoms with Crippen LogP contribution < -0.4 is 10.1 Å². The summed E-state index contributed by atoms with van der Waals surface area (Å²) >= 11 is 0. The molecule has 2 rings (SSSR count). The first-order valence-electron chi connectivity index (χ1n) is 6.68. The summed E-state index contributed by atoms with van der Waals surface area (Å²) in [5.41, 5.74) is 3.24. The van der Waals surface area contributed by atoms with E-state index in [9.17, 15) is 0 Å². The van der Waals surface area contributed by atoms with Crippen molar-refractivity contribution in [2.45, 2.75) is 26.4 Å². The number of nitrogens with zero attached hydrogens (tertiary/aromatic N) is 2. The highest BCUT2D eigenvalue weighted by Crippen LogP contribution is 2.28. The summed E-state index contributed by atoms with van der Waals surface area (Å²) in [6, 6.07) is 6.25. The fourth-order valence-electron chi connectivity index (χ4n) is 2.18. The fraction of sp³-hybridized carbons (Fsp3) is 0.400. The topological polar surface area (TPSA) is 59.3 Å². The number of hydrogen-bond donors (Lipinski definition) is 2. The Bertz CT molecular complexity index is 566. The Morgan fingerprint density at radius 1 is 1.45 bits per heavy atom. The first-order chi connectivity index (χ1) is 9.63. The molecule has 0 spiro atoms.